The quantitative estimate of drug-likeness (QED) is 0.690. The number of likely N-dealkylation sites (tertiary alicyclic amines) is 1. The largest absolute Gasteiger partial charge is 0.454 e. The van der Waals surface area contributed by atoms with Gasteiger partial charge in [0.15, 0.2) is 11.5 Å². The maximum atomic E-state index is 12.6. The molecule has 5 rings (SSSR count). The van der Waals surface area contributed by atoms with Gasteiger partial charge in [-0.15, -0.1) is 0 Å². The van der Waals surface area contributed by atoms with Crippen LogP contribution in [0, 0.1) is 0 Å². The molecule has 0 saturated carbocycles. The average Bonchev–Trinajstić information content (AvgIpc) is 3.29. The third-order valence-electron chi connectivity index (χ3n) is 4.66. The van der Waals surface area contributed by atoms with E-state index in [1.807, 2.05) is 12.1 Å². The zero-order valence-electron chi connectivity index (χ0n) is 14.1. The predicted molar refractivity (Wildman–Crippen MR) is 96.0 cm³/mol. The number of hydrogen-bond donors (Lipinski definition) is 0. The van der Waals surface area contributed by atoms with Gasteiger partial charge in [0.1, 0.15) is 0 Å². The van der Waals surface area contributed by atoms with Crippen LogP contribution in [0.15, 0.2) is 47.0 Å². The van der Waals surface area contributed by atoms with Crippen LogP contribution in [-0.4, -0.2) is 40.8 Å². The minimum absolute atomic E-state index is 0.0309. The van der Waals surface area contributed by atoms with Crippen LogP contribution in [0.25, 0.3) is 11.4 Å². The molecular formula is C19H14ClN3O4. The minimum atomic E-state index is -0.0564. The van der Waals surface area contributed by atoms with Crippen molar-refractivity contribution in [2.75, 3.05) is 19.9 Å². The van der Waals surface area contributed by atoms with Gasteiger partial charge in [-0.2, -0.15) is 4.98 Å². The van der Waals surface area contributed by atoms with Crippen molar-refractivity contribution in [3.05, 3.63) is 58.9 Å². The number of benzene rings is 2. The molecule has 1 saturated heterocycles. The number of ether oxygens (including phenoxy) is 2. The van der Waals surface area contributed by atoms with Gasteiger partial charge in [-0.1, -0.05) is 28.9 Å². The number of nitrogens with zero attached hydrogens (tertiary/aromatic N) is 3. The standard InChI is InChI=1S/C19H14ClN3O4/c20-14-3-1-2-11(6-14)17-21-18(27-22-17)13-8-23(9-13)19(24)12-4-5-15-16(7-12)26-10-25-15/h1-7,13H,8-10H2. The highest BCUT2D eigenvalue weighted by molar-refractivity contribution is 6.30. The number of hydrogen-bond acceptors (Lipinski definition) is 6. The van der Waals surface area contributed by atoms with Gasteiger partial charge in [-0.25, -0.2) is 0 Å². The summed E-state index contributed by atoms with van der Waals surface area (Å²) in [6.07, 6.45) is 0. The van der Waals surface area contributed by atoms with E-state index in [4.69, 9.17) is 25.6 Å². The number of aromatic nitrogens is 2. The van der Waals surface area contributed by atoms with Crippen molar-refractivity contribution in [2.45, 2.75) is 5.92 Å². The van der Waals surface area contributed by atoms with Crippen LogP contribution in [-0.2, 0) is 0 Å². The summed E-state index contributed by atoms with van der Waals surface area (Å²) in [7, 11) is 0. The van der Waals surface area contributed by atoms with E-state index in [1.54, 1.807) is 35.2 Å². The fourth-order valence-electron chi connectivity index (χ4n) is 3.16. The normalized spacial score (nSPS) is 15.7. The van der Waals surface area contributed by atoms with E-state index in [0.717, 1.165) is 5.56 Å². The van der Waals surface area contributed by atoms with Gasteiger partial charge in [0, 0.05) is 29.2 Å². The first kappa shape index (κ1) is 16.1. The summed E-state index contributed by atoms with van der Waals surface area (Å²) in [6, 6.07) is 12.5. The molecule has 0 radical (unpaired) electrons. The molecule has 1 amide bonds. The highest BCUT2D eigenvalue weighted by Gasteiger charge is 2.36. The highest BCUT2D eigenvalue weighted by Crippen LogP contribution is 2.34. The molecule has 2 aliphatic rings. The van der Waals surface area contributed by atoms with E-state index >= 15 is 0 Å². The molecule has 0 bridgehead atoms. The summed E-state index contributed by atoms with van der Waals surface area (Å²) >= 11 is 6.00. The van der Waals surface area contributed by atoms with Gasteiger partial charge in [0.05, 0.1) is 5.92 Å². The molecule has 0 spiro atoms. The van der Waals surface area contributed by atoms with Crippen LogP contribution in [0.2, 0.25) is 5.02 Å². The Morgan fingerprint density at radius 3 is 2.81 bits per heavy atom. The maximum absolute atomic E-state index is 12.6. The molecule has 7 nitrogen and oxygen atoms in total. The molecule has 0 unspecified atom stereocenters. The van der Waals surface area contributed by atoms with Gasteiger partial charge in [-0.3, -0.25) is 4.79 Å². The molecule has 2 aromatic carbocycles. The van der Waals surface area contributed by atoms with Crippen LogP contribution in [0.5, 0.6) is 11.5 Å². The van der Waals surface area contributed by atoms with E-state index in [9.17, 15) is 4.79 Å². The molecular weight excluding hydrogens is 370 g/mol. The van der Waals surface area contributed by atoms with Crippen LogP contribution in [0.3, 0.4) is 0 Å². The Morgan fingerprint density at radius 2 is 1.96 bits per heavy atom. The Labute approximate surface area is 159 Å². The van der Waals surface area contributed by atoms with Gasteiger partial charge in [0.2, 0.25) is 18.5 Å². The number of carbonyl (C=O) groups is 1. The lowest BCUT2D eigenvalue weighted by molar-refractivity contribution is 0.0569. The van der Waals surface area contributed by atoms with E-state index in [2.05, 4.69) is 10.1 Å². The van der Waals surface area contributed by atoms with E-state index in [1.165, 1.54) is 0 Å². The number of amides is 1. The number of fused-ring (bicyclic) bond motifs is 1. The van der Waals surface area contributed by atoms with Gasteiger partial charge < -0.3 is 18.9 Å². The van der Waals surface area contributed by atoms with Gasteiger partial charge in [0.25, 0.3) is 5.91 Å². The predicted octanol–water partition coefficient (Wildman–Crippen LogP) is 3.36. The minimum Gasteiger partial charge on any atom is -0.454 e. The zero-order chi connectivity index (χ0) is 18.4. The van der Waals surface area contributed by atoms with E-state index in [-0.39, 0.29) is 18.6 Å². The van der Waals surface area contributed by atoms with Crippen molar-refractivity contribution in [3.8, 4) is 22.9 Å². The lowest BCUT2D eigenvalue weighted by atomic mass is 9.98. The Bertz CT molecular complexity index is 1030. The second-order valence-corrected chi connectivity index (χ2v) is 6.88. The third kappa shape index (κ3) is 2.90. The van der Waals surface area contributed by atoms with Crippen LogP contribution < -0.4 is 9.47 Å². The molecule has 0 aliphatic carbocycles. The summed E-state index contributed by atoms with van der Waals surface area (Å²) in [5.74, 6) is 2.25. The van der Waals surface area contributed by atoms with Crippen LogP contribution in [0.1, 0.15) is 22.2 Å². The molecule has 2 aliphatic heterocycles. The van der Waals surface area contributed by atoms with Crippen LogP contribution in [0.4, 0.5) is 0 Å². The second kappa shape index (κ2) is 6.28. The monoisotopic (exact) mass is 383 g/mol. The SMILES string of the molecule is O=C(c1ccc2c(c1)OCO2)N1CC(c2nc(-c3cccc(Cl)c3)no2)C1. The molecule has 3 aromatic rings. The summed E-state index contributed by atoms with van der Waals surface area (Å²) in [5, 5.41) is 4.63. The zero-order valence-corrected chi connectivity index (χ0v) is 14.8. The van der Waals surface area contributed by atoms with Crippen molar-refractivity contribution in [2.24, 2.45) is 0 Å². The first-order valence-corrected chi connectivity index (χ1v) is 8.83. The number of rotatable bonds is 3. The molecule has 0 atom stereocenters. The molecule has 1 fully saturated rings. The Kier molecular flexibility index (Phi) is 3.75. The van der Waals surface area contributed by atoms with Gasteiger partial charge in [-0.05, 0) is 30.3 Å². The van der Waals surface area contributed by atoms with E-state index in [0.29, 0.717) is 46.9 Å². The van der Waals surface area contributed by atoms with Crippen molar-refractivity contribution in [1.82, 2.24) is 15.0 Å². The Hall–Kier alpha value is -3.06. The number of halogens is 1. The second-order valence-electron chi connectivity index (χ2n) is 6.44. The molecule has 1 aromatic heterocycles. The molecule has 27 heavy (non-hydrogen) atoms. The fraction of sp³-hybridized carbons (Fsp3) is 0.211. The molecule has 8 heteroatoms. The summed E-state index contributed by atoms with van der Waals surface area (Å²) in [4.78, 5) is 18.8. The van der Waals surface area contributed by atoms with Crippen molar-refractivity contribution in [1.29, 1.82) is 0 Å². The van der Waals surface area contributed by atoms with E-state index < -0.39 is 0 Å². The van der Waals surface area contributed by atoms with Gasteiger partial charge >= 0.3 is 0 Å². The first-order chi connectivity index (χ1) is 13.2. The average molecular weight is 384 g/mol. The topological polar surface area (TPSA) is 77.7 Å². The van der Waals surface area contributed by atoms with Crippen molar-refractivity contribution >= 4 is 17.5 Å². The summed E-state index contributed by atoms with van der Waals surface area (Å²) in [5.41, 5.74) is 1.37. The van der Waals surface area contributed by atoms with Crippen molar-refractivity contribution in [3.63, 3.8) is 0 Å². The van der Waals surface area contributed by atoms with Crippen molar-refractivity contribution < 1.29 is 18.8 Å². The lowest BCUT2D eigenvalue weighted by Gasteiger charge is -2.37. The molecule has 3 heterocycles. The molecule has 0 N–H and O–H groups in total. The molecule has 136 valence electrons. The van der Waals surface area contributed by atoms with Crippen LogP contribution >= 0.6 is 11.6 Å². The lowest BCUT2D eigenvalue weighted by Crippen LogP contribution is -2.48. The Morgan fingerprint density at radius 1 is 1.11 bits per heavy atom. The fourth-order valence-corrected chi connectivity index (χ4v) is 3.35. The highest BCUT2D eigenvalue weighted by atomic mass is 35.5. The maximum Gasteiger partial charge on any atom is 0.254 e. The smallest absolute Gasteiger partial charge is 0.254 e. The first-order valence-electron chi connectivity index (χ1n) is 8.46. The number of carbonyl (C=O) groups excluding carboxylic acids is 1. The Balaban J connectivity index is 1.26. The summed E-state index contributed by atoms with van der Waals surface area (Å²) in [6.45, 7) is 1.25. The summed E-state index contributed by atoms with van der Waals surface area (Å²) < 4.78 is 16.0. The third-order valence-corrected chi connectivity index (χ3v) is 4.90.